The molecule has 0 spiro atoms. The van der Waals surface area contributed by atoms with E-state index in [9.17, 15) is 48.6 Å². The molecule has 67 heavy (non-hydrogen) atoms. The van der Waals surface area contributed by atoms with Gasteiger partial charge in [-0.25, -0.2) is 9.78 Å². The fourth-order valence-corrected chi connectivity index (χ4v) is 6.92. The first-order valence-corrected chi connectivity index (χ1v) is 24.2. The molecule has 2 atom stereocenters. The zero-order chi connectivity index (χ0) is 49.2. The van der Waals surface area contributed by atoms with Crippen molar-refractivity contribution in [2.45, 2.75) is 160 Å². The molecule has 20 heteroatoms. The third-order valence-electron chi connectivity index (χ3n) is 10.8. The summed E-state index contributed by atoms with van der Waals surface area (Å²) in [6, 6.07) is -1.12. The zero-order valence-corrected chi connectivity index (χ0v) is 39.5. The first kappa shape index (κ1) is 60.2. The van der Waals surface area contributed by atoms with Gasteiger partial charge in [0.25, 0.3) is 0 Å². The average Bonchev–Trinajstić information content (AvgIpc) is 3.82. The van der Waals surface area contributed by atoms with Crippen molar-refractivity contribution in [3.05, 3.63) is 18.2 Å². The molecule has 0 fully saturated rings. The standard InChI is InChI=1S/C47H79N5O15.H2/c53-39(22-23-41(47(62)63)52-42(55)18-11-9-7-5-3-1-2-4-6-8-10-12-19-45(58)59)17-15-26-64-28-30-66-35-44(57)50-25-27-65-29-31-67-34-43(56)49-24-14-13-16-37(46(60)61)32-40(54)21-20-38-33-48-36-51-38;/h33,36-37,41H,1-32,34-35H2,(H,48,51)(H,49,56)(H,50,57)(H,52,55)(H,58,59)(H,60,61)(H,62,63);1H/t37-,41+;/m1./s1. The highest BCUT2D eigenvalue weighted by atomic mass is 16.5. The van der Waals surface area contributed by atoms with E-state index < -0.39 is 29.9 Å². The second-order valence-corrected chi connectivity index (χ2v) is 16.7. The summed E-state index contributed by atoms with van der Waals surface area (Å²) in [6.45, 7) is 1.58. The summed E-state index contributed by atoms with van der Waals surface area (Å²) in [5.41, 5.74) is 0.823. The molecule has 0 aliphatic rings. The van der Waals surface area contributed by atoms with Crippen LogP contribution in [0.4, 0.5) is 0 Å². The molecule has 0 aliphatic carbocycles. The topological polar surface area (TPSA) is 299 Å². The van der Waals surface area contributed by atoms with Gasteiger partial charge in [-0.05, 0) is 44.9 Å². The van der Waals surface area contributed by atoms with Gasteiger partial charge in [0, 0.05) is 71.5 Å². The van der Waals surface area contributed by atoms with Gasteiger partial charge in [0.05, 0.1) is 45.3 Å². The van der Waals surface area contributed by atoms with Crippen molar-refractivity contribution in [3.63, 3.8) is 0 Å². The van der Waals surface area contributed by atoms with E-state index in [4.69, 9.17) is 24.1 Å². The van der Waals surface area contributed by atoms with Crippen molar-refractivity contribution in [2.24, 2.45) is 5.92 Å². The number of nitrogens with one attached hydrogen (secondary N) is 4. The van der Waals surface area contributed by atoms with Crippen LogP contribution >= 0.6 is 0 Å². The number of Topliss-reactive ketones (excluding diaryl/α,β-unsaturated/α-hetero) is 2. The van der Waals surface area contributed by atoms with Gasteiger partial charge in [-0.1, -0.05) is 70.6 Å². The number of H-pyrrole nitrogens is 1. The summed E-state index contributed by atoms with van der Waals surface area (Å²) in [7, 11) is 0. The van der Waals surface area contributed by atoms with Gasteiger partial charge in [0.1, 0.15) is 30.8 Å². The number of aryl methyl sites for hydroxylation is 1. The highest BCUT2D eigenvalue weighted by molar-refractivity contribution is 5.85. The number of amides is 3. The molecule has 0 aliphatic heterocycles. The summed E-state index contributed by atoms with van der Waals surface area (Å²) < 4.78 is 21.4. The van der Waals surface area contributed by atoms with Crippen LogP contribution in [0.3, 0.4) is 0 Å². The predicted octanol–water partition coefficient (Wildman–Crippen LogP) is 4.96. The van der Waals surface area contributed by atoms with E-state index in [0.717, 1.165) is 57.1 Å². The monoisotopic (exact) mass is 956 g/mol. The Morgan fingerprint density at radius 1 is 0.537 bits per heavy atom. The van der Waals surface area contributed by atoms with Gasteiger partial charge < -0.3 is 55.2 Å². The minimum absolute atomic E-state index is 0. The lowest BCUT2D eigenvalue weighted by Gasteiger charge is -2.14. The molecular weight excluding hydrogens is 875 g/mol. The number of imidazole rings is 1. The number of hydrogen-bond donors (Lipinski definition) is 7. The quantitative estimate of drug-likeness (QED) is 0.0425. The molecule has 20 nitrogen and oxygen atoms in total. The molecule has 0 bridgehead atoms. The summed E-state index contributed by atoms with van der Waals surface area (Å²) in [4.78, 5) is 101. The van der Waals surface area contributed by atoms with Crippen LogP contribution in [-0.2, 0) is 63.7 Å². The fraction of sp³-hybridized carbons (Fsp3) is 0.766. The third kappa shape index (κ3) is 37.9. The number of ketones is 2. The summed E-state index contributed by atoms with van der Waals surface area (Å²) in [5, 5.41) is 35.6. The van der Waals surface area contributed by atoms with Gasteiger partial charge >= 0.3 is 17.9 Å². The minimum atomic E-state index is -1.17. The highest BCUT2D eigenvalue weighted by Gasteiger charge is 2.22. The van der Waals surface area contributed by atoms with Crippen molar-refractivity contribution in [1.29, 1.82) is 0 Å². The van der Waals surface area contributed by atoms with Crippen LogP contribution in [0.1, 0.15) is 155 Å². The maximum Gasteiger partial charge on any atom is 0.326 e. The van der Waals surface area contributed by atoms with Crippen LogP contribution in [0.2, 0.25) is 0 Å². The van der Waals surface area contributed by atoms with E-state index in [1.807, 2.05) is 0 Å². The highest BCUT2D eigenvalue weighted by Crippen LogP contribution is 2.16. The molecular formula is C47H81N5O15. The number of aromatic amines is 1. The van der Waals surface area contributed by atoms with E-state index in [2.05, 4.69) is 25.9 Å². The number of carboxylic acids is 3. The zero-order valence-electron chi connectivity index (χ0n) is 39.5. The van der Waals surface area contributed by atoms with Crippen molar-refractivity contribution < 1.29 is 74.0 Å². The number of ether oxygens (including phenoxy) is 4. The summed E-state index contributed by atoms with van der Waals surface area (Å²) in [6.07, 6.45) is 18.8. The summed E-state index contributed by atoms with van der Waals surface area (Å²) >= 11 is 0. The number of hydrogen-bond acceptors (Lipinski definition) is 13. The molecule has 1 heterocycles. The average molecular weight is 956 g/mol. The van der Waals surface area contributed by atoms with Gasteiger partial charge in [-0.2, -0.15) is 0 Å². The second-order valence-electron chi connectivity index (χ2n) is 16.7. The molecule has 0 aromatic carbocycles. The van der Waals surface area contributed by atoms with Crippen molar-refractivity contribution in [3.8, 4) is 0 Å². The lowest BCUT2D eigenvalue weighted by Crippen LogP contribution is -2.41. The number of aromatic nitrogens is 2. The second kappa shape index (κ2) is 41.4. The van der Waals surface area contributed by atoms with Crippen molar-refractivity contribution in [1.82, 2.24) is 25.9 Å². The Kier molecular flexibility index (Phi) is 37.2. The van der Waals surface area contributed by atoms with E-state index in [1.165, 1.54) is 25.6 Å². The first-order chi connectivity index (χ1) is 32.4. The van der Waals surface area contributed by atoms with Crippen LogP contribution < -0.4 is 16.0 Å². The molecule has 7 N–H and O–H groups in total. The Balaban J connectivity index is 0.0000449. The summed E-state index contributed by atoms with van der Waals surface area (Å²) in [5.74, 6) is -4.87. The SMILES string of the molecule is O=C(O)CCCCCCCCCCCCCCC(=O)N[C@@H](CCC(=O)CCCOCCOCC(=O)NCCOCCOCC(=O)NCCCC[C@H](CC(=O)CCc1cnc[nH]1)C(=O)O)C(=O)O.[HH]. The van der Waals surface area contributed by atoms with Crippen LogP contribution in [-0.4, -0.2) is 144 Å². The Labute approximate surface area is 396 Å². The Morgan fingerprint density at radius 3 is 1.67 bits per heavy atom. The van der Waals surface area contributed by atoms with Crippen LogP contribution in [0, 0.1) is 5.92 Å². The van der Waals surface area contributed by atoms with E-state index >= 15 is 0 Å². The number of carbonyl (C=O) groups is 8. The number of nitrogens with zero attached hydrogens (tertiary/aromatic N) is 1. The number of carboxylic acid groups (broad SMARTS) is 3. The molecule has 1 rings (SSSR count). The minimum Gasteiger partial charge on any atom is -0.481 e. The smallest absolute Gasteiger partial charge is 0.326 e. The van der Waals surface area contributed by atoms with E-state index in [0.29, 0.717) is 51.7 Å². The molecule has 0 unspecified atom stereocenters. The molecule has 1 aromatic rings. The van der Waals surface area contributed by atoms with E-state index in [-0.39, 0.29) is 128 Å². The first-order valence-electron chi connectivity index (χ1n) is 24.2. The van der Waals surface area contributed by atoms with Crippen molar-refractivity contribution in [2.75, 3.05) is 65.9 Å². The van der Waals surface area contributed by atoms with Gasteiger partial charge in [0.15, 0.2) is 0 Å². The number of carbonyl (C=O) groups excluding carboxylic acids is 5. The van der Waals surface area contributed by atoms with E-state index in [1.54, 1.807) is 6.20 Å². The molecule has 0 saturated carbocycles. The Hall–Kier alpha value is -4.79. The van der Waals surface area contributed by atoms with Gasteiger partial charge in [0.2, 0.25) is 17.7 Å². The Morgan fingerprint density at radius 2 is 1.10 bits per heavy atom. The molecule has 3 amide bonds. The van der Waals surface area contributed by atoms with Crippen molar-refractivity contribution >= 4 is 47.2 Å². The fourth-order valence-electron chi connectivity index (χ4n) is 6.92. The van der Waals surface area contributed by atoms with Gasteiger partial charge in [-0.3, -0.25) is 33.6 Å². The number of unbranched alkanes of at least 4 members (excludes halogenated alkanes) is 12. The normalized spacial score (nSPS) is 12.0. The maximum absolute atomic E-state index is 12.3. The largest absolute Gasteiger partial charge is 0.481 e. The van der Waals surface area contributed by atoms with Gasteiger partial charge in [-0.15, -0.1) is 0 Å². The third-order valence-corrected chi connectivity index (χ3v) is 10.8. The lowest BCUT2D eigenvalue weighted by molar-refractivity contribution is -0.144. The van der Waals surface area contributed by atoms with Crippen LogP contribution in [0.15, 0.2) is 12.5 Å². The Bertz CT molecular complexity index is 1540. The molecule has 384 valence electrons. The molecule has 1 aromatic heterocycles. The maximum atomic E-state index is 12.3. The molecule has 0 saturated heterocycles. The number of rotatable bonds is 48. The lowest BCUT2D eigenvalue weighted by atomic mass is 9.94. The number of aliphatic carboxylic acids is 3. The molecule has 0 radical (unpaired) electrons. The predicted molar refractivity (Wildman–Crippen MR) is 248 cm³/mol. The van der Waals surface area contributed by atoms with Crippen LogP contribution in [0.5, 0.6) is 0 Å². The van der Waals surface area contributed by atoms with Crippen LogP contribution in [0.25, 0.3) is 0 Å².